The third-order valence-corrected chi connectivity index (χ3v) is 3.16. The van der Waals surface area contributed by atoms with E-state index in [1.165, 1.54) is 5.56 Å². The van der Waals surface area contributed by atoms with Crippen LogP contribution in [-0.4, -0.2) is 19.1 Å². The smallest absolute Gasteiger partial charge is 0.225 e. The van der Waals surface area contributed by atoms with Gasteiger partial charge in [-0.25, -0.2) is 0 Å². The highest BCUT2D eigenvalue weighted by Crippen LogP contribution is 2.23. The molecule has 0 unspecified atom stereocenters. The standard InChI is InChI=1S/C18H22N2O2/c1-2-22-17-11-7-6-10-16(17)20-18(21)12-13-19-14-15-8-4-3-5-9-15/h3-11,19H,2,12-14H2,1H3,(H,20,21). The molecule has 0 aliphatic rings. The lowest BCUT2D eigenvalue weighted by Crippen LogP contribution is -2.21. The molecule has 2 aromatic carbocycles. The largest absolute Gasteiger partial charge is 0.492 e. The van der Waals surface area contributed by atoms with Crippen LogP contribution in [0.25, 0.3) is 0 Å². The van der Waals surface area contributed by atoms with Crippen LogP contribution >= 0.6 is 0 Å². The van der Waals surface area contributed by atoms with E-state index in [1.54, 1.807) is 0 Å². The van der Waals surface area contributed by atoms with Crippen molar-refractivity contribution in [2.75, 3.05) is 18.5 Å². The van der Waals surface area contributed by atoms with Crippen molar-refractivity contribution in [1.82, 2.24) is 5.32 Å². The first-order valence-electron chi connectivity index (χ1n) is 7.56. The summed E-state index contributed by atoms with van der Waals surface area (Å²) in [7, 11) is 0. The molecule has 0 bridgehead atoms. The molecule has 0 atom stereocenters. The normalized spacial score (nSPS) is 10.2. The van der Waals surface area contributed by atoms with Crippen LogP contribution in [0.15, 0.2) is 54.6 Å². The maximum Gasteiger partial charge on any atom is 0.225 e. The van der Waals surface area contributed by atoms with Crippen molar-refractivity contribution in [3.8, 4) is 5.75 Å². The predicted octanol–water partition coefficient (Wildman–Crippen LogP) is 3.20. The average molecular weight is 298 g/mol. The minimum absolute atomic E-state index is 0.0206. The molecule has 2 rings (SSSR count). The molecule has 2 aromatic rings. The number of amides is 1. The highest BCUT2D eigenvalue weighted by atomic mass is 16.5. The fourth-order valence-corrected chi connectivity index (χ4v) is 2.09. The summed E-state index contributed by atoms with van der Waals surface area (Å²) in [5, 5.41) is 6.16. The van der Waals surface area contributed by atoms with Crippen LogP contribution in [0.4, 0.5) is 5.69 Å². The summed E-state index contributed by atoms with van der Waals surface area (Å²) in [5.41, 5.74) is 1.93. The second-order valence-corrected chi connectivity index (χ2v) is 4.89. The lowest BCUT2D eigenvalue weighted by molar-refractivity contribution is -0.116. The van der Waals surface area contributed by atoms with Crippen LogP contribution in [0.1, 0.15) is 18.9 Å². The molecule has 0 aliphatic heterocycles. The summed E-state index contributed by atoms with van der Waals surface area (Å²) >= 11 is 0. The van der Waals surface area contributed by atoms with Crippen molar-refractivity contribution >= 4 is 11.6 Å². The third-order valence-electron chi connectivity index (χ3n) is 3.16. The van der Waals surface area contributed by atoms with E-state index in [1.807, 2.05) is 49.4 Å². The van der Waals surface area contributed by atoms with Crippen molar-refractivity contribution in [1.29, 1.82) is 0 Å². The molecule has 0 aromatic heterocycles. The molecule has 0 heterocycles. The molecule has 4 heteroatoms. The predicted molar refractivity (Wildman–Crippen MR) is 89.0 cm³/mol. The van der Waals surface area contributed by atoms with E-state index in [0.717, 1.165) is 12.2 Å². The Morgan fingerprint density at radius 3 is 2.55 bits per heavy atom. The van der Waals surface area contributed by atoms with Gasteiger partial charge in [-0.1, -0.05) is 42.5 Å². The van der Waals surface area contributed by atoms with E-state index in [0.29, 0.717) is 25.3 Å². The van der Waals surface area contributed by atoms with Crippen LogP contribution in [0, 0.1) is 0 Å². The highest BCUT2D eigenvalue weighted by molar-refractivity contribution is 5.92. The summed E-state index contributed by atoms with van der Waals surface area (Å²) in [5.74, 6) is 0.684. The zero-order valence-corrected chi connectivity index (χ0v) is 12.8. The first-order valence-corrected chi connectivity index (χ1v) is 7.56. The monoisotopic (exact) mass is 298 g/mol. The Hall–Kier alpha value is -2.33. The van der Waals surface area contributed by atoms with Crippen LogP contribution in [0.2, 0.25) is 0 Å². The van der Waals surface area contributed by atoms with Gasteiger partial charge in [0.25, 0.3) is 0 Å². The molecule has 116 valence electrons. The van der Waals surface area contributed by atoms with Gasteiger partial charge in [0.15, 0.2) is 0 Å². The van der Waals surface area contributed by atoms with Gasteiger partial charge in [-0.05, 0) is 24.6 Å². The van der Waals surface area contributed by atoms with Gasteiger partial charge in [0, 0.05) is 19.5 Å². The Balaban J connectivity index is 1.74. The lowest BCUT2D eigenvalue weighted by Gasteiger charge is -2.11. The van der Waals surface area contributed by atoms with Gasteiger partial charge in [-0.3, -0.25) is 4.79 Å². The van der Waals surface area contributed by atoms with Crippen LogP contribution < -0.4 is 15.4 Å². The number of para-hydroxylation sites is 2. The van der Waals surface area contributed by atoms with E-state index in [9.17, 15) is 4.79 Å². The number of ether oxygens (including phenoxy) is 1. The van der Waals surface area contributed by atoms with Gasteiger partial charge < -0.3 is 15.4 Å². The molecule has 0 saturated carbocycles. The molecule has 0 radical (unpaired) electrons. The van der Waals surface area contributed by atoms with Crippen LogP contribution in [0.5, 0.6) is 5.75 Å². The molecule has 0 fully saturated rings. The SMILES string of the molecule is CCOc1ccccc1NC(=O)CCNCc1ccccc1. The quantitative estimate of drug-likeness (QED) is 0.736. The molecule has 0 spiro atoms. The molecule has 0 aliphatic carbocycles. The molecular weight excluding hydrogens is 276 g/mol. The number of hydrogen-bond acceptors (Lipinski definition) is 3. The first-order chi connectivity index (χ1) is 10.8. The third kappa shape index (κ3) is 5.22. The summed E-state index contributed by atoms with van der Waals surface area (Å²) in [4.78, 5) is 12.0. The van der Waals surface area contributed by atoms with E-state index >= 15 is 0 Å². The Morgan fingerprint density at radius 2 is 1.77 bits per heavy atom. The molecule has 22 heavy (non-hydrogen) atoms. The Morgan fingerprint density at radius 1 is 1.05 bits per heavy atom. The number of carbonyl (C=O) groups excluding carboxylic acids is 1. The van der Waals surface area contributed by atoms with Gasteiger partial charge in [-0.2, -0.15) is 0 Å². The van der Waals surface area contributed by atoms with Gasteiger partial charge in [0.1, 0.15) is 5.75 Å². The van der Waals surface area contributed by atoms with Gasteiger partial charge >= 0.3 is 0 Å². The maximum absolute atomic E-state index is 12.0. The van der Waals surface area contributed by atoms with Crippen molar-refractivity contribution in [3.63, 3.8) is 0 Å². The van der Waals surface area contributed by atoms with E-state index < -0.39 is 0 Å². The summed E-state index contributed by atoms with van der Waals surface area (Å²) in [6, 6.07) is 17.6. The van der Waals surface area contributed by atoms with E-state index in [4.69, 9.17) is 4.74 Å². The second kappa shape index (κ2) is 8.85. The number of carbonyl (C=O) groups is 1. The van der Waals surface area contributed by atoms with Crippen LogP contribution in [-0.2, 0) is 11.3 Å². The van der Waals surface area contributed by atoms with Crippen molar-refractivity contribution < 1.29 is 9.53 Å². The zero-order valence-electron chi connectivity index (χ0n) is 12.8. The van der Waals surface area contributed by atoms with Crippen molar-refractivity contribution in [3.05, 3.63) is 60.2 Å². The molecule has 4 nitrogen and oxygen atoms in total. The van der Waals surface area contributed by atoms with E-state index in [2.05, 4.69) is 22.8 Å². The lowest BCUT2D eigenvalue weighted by atomic mass is 10.2. The molecule has 1 amide bonds. The summed E-state index contributed by atoms with van der Waals surface area (Å²) in [6.07, 6.45) is 0.424. The fourth-order valence-electron chi connectivity index (χ4n) is 2.09. The van der Waals surface area contributed by atoms with Crippen molar-refractivity contribution in [2.45, 2.75) is 19.9 Å². The van der Waals surface area contributed by atoms with Gasteiger partial charge in [0.2, 0.25) is 5.91 Å². The van der Waals surface area contributed by atoms with Gasteiger partial charge in [-0.15, -0.1) is 0 Å². The maximum atomic E-state index is 12.0. The summed E-state index contributed by atoms with van der Waals surface area (Å²) < 4.78 is 5.49. The zero-order chi connectivity index (χ0) is 15.6. The number of anilines is 1. The van der Waals surface area contributed by atoms with E-state index in [-0.39, 0.29) is 5.91 Å². The Bertz CT molecular complexity index is 585. The second-order valence-electron chi connectivity index (χ2n) is 4.89. The minimum Gasteiger partial charge on any atom is -0.492 e. The Labute approximate surface area is 131 Å². The first kappa shape index (κ1) is 16.0. The fraction of sp³-hybridized carbons (Fsp3) is 0.278. The topological polar surface area (TPSA) is 50.4 Å². The highest BCUT2D eigenvalue weighted by Gasteiger charge is 2.06. The number of nitrogens with one attached hydrogen (secondary N) is 2. The number of rotatable bonds is 8. The molecule has 2 N–H and O–H groups in total. The molecular formula is C18H22N2O2. The van der Waals surface area contributed by atoms with Gasteiger partial charge in [0.05, 0.1) is 12.3 Å². The molecule has 0 saturated heterocycles. The number of hydrogen-bond donors (Lipinski definition) is 2. The van der Waals surface area contributed by atoms with Crippen molar-refractivity contribution in [2.24, 2.45) is 0 Å². The summed E-state index contributed by atoms with van der Waals surface area (Å²) in [6.45, 7) is 3.90. The number of benzene rings is 2. The van der Waals surface area contributed by atoms with Crippen LogP contribution in [0.3, 0.4) is 0 Å². The Kier molecular flexibility index (Phi) is 6.45. The minimum atomic E-state index is -0.0206. The average Bonchev–Trinajstić information content (AvgIpc) is 2.55.